The van der Waals surface area contributed by atoms with Gasteiger partial charge in [0.15, 0.2) is 5.16 Å². The summed E-state index contributed by atoms with van der Waals surface area (Å²) < 4.78 is 5.24. The third-order valence-corrected chi connectivity index (χ3v) is 5.66. The van der Waals surface area contributed by atoms with Crippen LogP contribution in [-0.4, -0.2) is 34.4 Å². The third-order valence-electron chi connectivity index (χ3n) is 4.06. The van der Waals surface area contributed by atoms with Gasteiger partial charge in [0.1, 0.15) is 22.2 Å². The fraction of sp³-hybridized carbons (Fsp3) is 0.190. The van der Waals surface area contributed by atoms with Crippen molar-refractivity contribution in [2.24, 2.45) is 0 Å². The van der Waals surface area contributed by atoms with Crippen molar-refractivity contribution in [1.29, 1.82) is 0 Å². The largest absolute Gasteiger partial charge is 0.497 e. The van der Waals surface area contributed by atoms with Gasteiger partial charge >= 0.3 is 5.97 Å². The summed E-state index contributed by atoms with van der Waals surface area (Å²) in [5.41, 5.74) is 2.15. The number of ether oxygens (including phenoxy) is 1. The SMILES string of the molecule is COc1cccc(CNc2nc(SC)nc(SCc3ccccc3)c2C(=O)O)c1. The number of benzene rings is 2. The first-order valence-corrected chi connectivity index (χ1v) is 11.0. The number of carbonyl (C=O) groups is 1. The van der Waals surface area contributed by atoms with E-state index in [2.05, 4.69) is 15.3 Å². The standard InChI is InChI=1S/C21H21N3O3S2/c1-27-16-10-6-9-15(11-16)12-22-18-17(20(25)26)19(24-21(23-18)28-2)29-13-14-7-4-3-5-8-14/h3-11H,12-13H2,1-2H3,(H,25,26)(H,22,23,24). The maximum atomic E-state index is 12.0. The van der Waals surface area contributed by atoms with E-state index in [4.69, 9.17) is 4.74 Å². The molecule has 1 heterocycles. The van der Waals surface area contributed by atoms with Crippen molar-refractivity contribution in [3.8, 4) is 5.75 Å². The van der Waals surface area contributed by atoms with Crippen LogP contribution >= 0.6 is 23.5 Å². The smallest absolute Gasteiger partial charge is 0.342 e. The van der Waals surface area contributed by atoms with Crippen molar-refractivity contribution in [2.75, 3.05) is 18.7 Å². The lowest BCUT2D eigenvalue weighted by Gasteiger charge is -2.14. The Balaban J connectivity index is 1.87. The summed E-state index contributed by atoms with van der Waals surface area (Å²) in [6, 6.07) is 17.5. The first-order chi connectivity index (χ1) is 14.1. The van der Waals surface area contributed by atoms with Crippen molar-refractivity contribution in [3.63, 3.8) is 0 Å². The molecule has 0 amide bonds. The van der Waals surface area contributed by atoms with E-state index >= 15 is 0 Å². The van der Waals surface area contributed by atoms with Gasteiger partial charge in [-0.3, -0.25) is 0 Å². The van der Waals surface area contributed by atoms with Crippen molar-refractivity contribution in [3.05, 3.63) is 71.3 Å². The molecule has 150 valence electrons. The number of carboxylic acid groups (broad SMARTS) is 1. The number of methoxy groups -OCH3 is 1. The number of hydrogen-bond acceptors (Lipinski definition) is 7. The van der Waals surface area contributed by atoms with E-state index < -0.39 is 5.97 Å². The molecule has 0 aliphatic carbocycles. The minimum atomic E-state index is -1.05. The maximum absolute atomic E-state index is 12.0. The number of rotatable bonds is 9. The molecule has 0 radical (unpaired) electrons. The van der Waals surface area contributed by atoms with Gasteiger partial charge in [0.25, 0.3) is 0 Å². The Bertz CT molecular complexity index is 984. The van der Waals surface area contributed by atoms with Crippen LogP contribution in [0.4, 0.5) is 5.82 Å². The molecule has 0 aliphatic rings. The van der Waals surface area contributed by atoms with Crippen LogP contribution in [0.2, 0.25) is 0 Å². The van der Waals surface area contributed by atoms with Gasteiger partial charge in [0.05, 0.1) is 7.11 Å². The van der Waals surface area contributed by atoms with E-state index in [1.807, 2.05) is 60.9 Å². The fourth-order valence-corrected chi connectivity index (χ4v) is 4.03. The van der Waals surface area contributed by atoms with Crippen LogP contribution < -0.4 is 10.1 Å². The molecule has 0 unspecified atom stereocenters. The second kappa shape index (κ2) is 10.2. The van der Waals surface area contributed by atoms with Crippen LogP contribution in [0.5, 0.6) is 5.75 Å². The topological polar surface area (TPSA) is 84.3 Å². The third kappa shape index (κ3) is 5.65. The van der Waals surface area contributed by atoms with Crippen molar-refractivity contribution < 1.29 is 14.6 Å². The van der Waals surface area contributed by atoms with Crippen LogP contribution in [0.3, 0.4) is 0 Å². The van der Waals surface area contributed by atoms with Gasteiger partial charge in [-0.25, -0.2) is 14.8 Å². The molecule has 0 fully saturated rings. The van der Waals surface area contributed by atoms with Gasteiger partial charge < -0.3 is 15.2 Å². The molecule has 3 rings (SSSR count). The summed E-state index contributed by atoms with van der Waals surface area (Å²) in [7, 11) is 1.61. The Morgan fingerprint density at radius 3 is 2.55 bits per heavy atom. The zero-order valence-corrected chi connectivity index (χ0v) is 17.7. The molecule has 0 spiro atoms. The monoisotopic (exact) mass is 427 g/mol. The Morgan fingerprint density at radius 1 is 1.10 bits per heavy atom. The number of aromatic nitrogens is 2. The first-order valence-electron chi connectivity index (χ1n) is 8.83. The molecule has 29 heavy (non-hydrogen) atoms. The van der Waals surface area contributed by atoms with E-state index in [9.17, 15) is 9.90 Å². The average molecular weight is 428 g/mol. The highest BCUT2D eigenvalue weighted by Gasteiger charge is 2.21. The molecule has 0 saturated carbocycles. The second-order valence-electron chi connectivity index (χ2n) is 6.02. The Morgan fingerprint density at radius 2 is 1.86 bits per heavy atom. The first kappa shape index (κ1) is 21.0. The van der Waals surface area contributed by atoms with Gasteiger partial charge in [-0.05, 0) is 29.5 Å². The van der Waals surface area contributed by atoms with Crippen molar-refractivity contribution in [2.45, 2.75) is 22.5 Å². The number of thioether (sulfide) groups is 2. The minimum Gasteiger partial charge on any atom is -0.497 e. The summed E-state index contributed by atoms with van der Waals surface area (Å²) in [6.45, 7) is 0.422. The Kier molecular flexibility index (Phi) is 7.37. The molecule has 0 atom stereocenters. The lowest BCUT2D eigenvalue weighted by atomic mass is 10.2. The van der Waals surface area contributed by atoms with Gasteiger partial charge in [-0.1, -0.05) is 54.2 Å². The summed E-state index contributed by atoms with van der Waals surface area (Å²) in [5, 5.41) is 14.0. The summed E-state index contributed by atoms with van der Waals surface area (Å²) in [5.74, 6) is 0.632. The van der Waals surface area contributed by atoms with Crippen molar-refractivity contribution in [1.82, 2.24) is 9.97 Å². The molecule has 3 aromatic rings. The van der Waals surface area contributed by atoms with E-state index in [1.165, 1.54) is 23.5 Å². The number of hydrogen-bond donors (Lipinski definition) is 2. The highest BCUT2D eigenvalue weighted by molar-refractivity contribution is 7.99. The van der Waals surface area contributed by atoms with Crippen LogP contribution in [0.1, 0.15) is 21.5 Å². The molecular formula is C21H21N3O3S2. The highest BCUT2D eigenvalue weighted by atomic mass is 32.2. The molecule has 0 aliphatic heterocycles. The summed E-state index contributed by atoms with van der Waals surface area (Å²) in [4.78, 5) is 20.9. The molecule has 2 N–H and O–H groups in total. The summed E-state index contributed by atoms with van der Waals surface area (Å²) >= 11 is 2.77. The molecule has 6 nitrogen and oxygen atoms in total. The quantitative estimate of drug-likeness (QED) is 0.286. The van der Waals surface area contributed by atoms with Gasteiger partial charge in [0, 0.05) is 12.3 Å². The minimum absolute atomic E-state index is 0.0895. The highest BCUT2D eigenvalue weighted by Crippen LogP contribution is 2.31. The zero-order chi connectivity index (χ0) is 20.6. The van der Waals surface area contributed by atoms with Crippen LogP contribution in [0.15, 0.2) is 64.8 Å². The molecular weight excluding hydrogens is 406 g/mol. The van der Waals surface area contributed by atoms with Crippen LogP contribution in [-0.2, 0) is 12.3 Å². The number of nitrogens with one attached hydrogen (secondary N) is 1. The predicted molar refractivity (Wildman–Crippen MR) is 117 cm³/mol. The lowest BCUT2D eigenvalue weighted by molar-refractivity contribution is 0.0692. The molecule has 2 aromatic carbocycles. The van der Waals surface area contributed by atoms with Crippen LogP contribution in [0.25, 0.3) is 0 Å². The molecule has 0 bridgehead atoms. The lowest BCUT2D eigenvalue weighted by Crippen LogP contribution is -2.12. The number of carboxylic acids is 1. The average Bonchev–Trinajstić information content (AvgIpc) is 2.76. The number of aromatic carboxylic acids is 1. The van der Waals surface area contributed by atoms with E-state index in [0.717, 1.165) is 16.9 Å². The molecule has 8 heteroatoms. The maximum Gasteiger partial charge on any atom is 0.342 e. The van der Waals surface area contributed by atoms with E-state index in [0.29, 0.717) is 28.3 Å². The van der Waals surface area contributed by atoms with Gasteiger partial charge in [-0.15, -0.1) is 11.8 Å². The van der Waals surface area contributed by atoms with E-state index in [-0.39, 0.29) is 5.56 Å². The number of anilines is 1. The van der Waals surface area contributed by atoms with Crippen molar-refractivity contribution >= 4 is 35.3 Å². The molecule has 1 aromatic heterocycles. The molecule has 0 saturated heterocycles. The fourth-order valence-electron chi connectivity index (χ4n) is 2.63. The van der Waals surface area contributed by atoms with Gasteiger partial charge in [-0.2, -0.15) is 0 Å². The van der Waals surface area contributed by atoms with E-state index in [1.54, 1.807) is 7.11 Å². The Labute approximate surface area is 178 Å². The summed E-state index contributed by atoms with van der Waals surface area (Å²) in [6.07, 6.45) is 1.87. The van der Waals surface area contributed by atoms with Gasteiger partial charge in [0.2, 0.25) is 0 Å². The van der Waals surface area contributed by atoms with Crippen LogP contribution in [0, 0.1) is 0 Å². The second-order valence-corrected chi connectivity index (χ2v) is 7.76. The normalized spacial score (nSPS) is 10.6. The zero-order valence-electron chi connectivity index (χ0n) is 16.1. The Hall–Kier alpha value is -2.71. The number of nitrogens with zero attached hydrogens (tertiary/aromatic N) is 2. The predicted octanol–water partition coefficient (Wildman–Crippen LogP) is 4.81.